The summed E-state index contributed by atoms with van der Waals surface area (Å²) in [5, 5.41) is 5.62. The number of rotatable bonds is 4. The third kappa shape index (κ3) is 4.00. The Hall–Kier alpha value is -2.82. The predicted octanol–water partition coefficient (Wildman–Crippen LogP) is 2.08. The molecule has 3 rings (SSSR count). The van der Waals surface area contributed by atoms with Gasteiger partial charge < -0.3 is 9.88 Å². The molecule has 10 heteroatoms. The molecule has 0 bridgehead atoms. The number of fused-ring (bicyclic) bond motifs is 1. The third-order valence-corrected chi connectivity index (χ3v) is 6.21. The second-order valence-corrected chi connectivity index (χ2v) is 8.71. The molecule has 3 aromatic rings. The zero-order valence-corrected chi connectivity index (χ0v) is 17.7. The van der Waals surface area contributed by atoms with Crippen LogP contribution in [0.4, 0.5) is 0 Å². The summed E-state index contributed by atoms with van der Waals surface area (Å²) in [4.78, 5) is 29.7. The topological polar surface area (TPSA) is 118 Å². The van der Waals surface area contributed by atoms with E-state index in [-0.39, 0.29) is 21.1 Å². The molecular weight excluding hydrogens is 412 g/mol. The van der Waals surface area contributed by atoms with Gasteiger partial charge in [0.25, 0.3) is 11.5 Å². The second-order valence-electron chi connectivity index (χ2n) is 6.76. The van der Waals surface area contributed by atoms with Gasteiger partial charge in [-0.15, -0.1) is 0 Å². The maximum absolute atomic E-state index is 13.0. The number of H-pyrrole nitrogens is 1. The van der Waals surface area contributed by atoms with Gasteiger partial charge in [-0.3, -0.25) is 14.2 Å². The molecule has 0 fully saturated rings. The average molecular weight is 433 g/mol. The summed E-state index contributed by atoms with van der Waals surface area (Å²) < 4.78 is 24.8. The van der Waals surface area contributed by atoms with Crippen LogP contribution in [0, 0.1) is 4.77 Å². The minimum atomic E-state index is -3.84. The van der Waals surface area contributed by atoms with Gasteiger partial charge in [0, 0.05) is 19.7 Å². The van der Waals surface area contributed by atoms with Crippen molar-refractivity contribution < 1.29 is 13.2 Å². The summed E-state index contributed by atoms with van der Waals surface area (Å²) in [5.74, 6) is -0.291. The van der Waals surface area contributed by atoms with Gasteiger partial charge in [0.1, 0.15) is 0 Å². The monoisotopic (exact) mass is 432 g/mol. The van der Waals surface area contributed by atoms with E-state index in [0.29, 0.717) is 22.0 Å². The van der Waals surface area contributed by atoms with Crippen LogP contribution in [-0.2, 0) is 17.1 Å². The van der Waals surface area contributed by atoms with Gasteiger partial charge in [-0.1, -0.05) is 12.1 Å². The quantitative estimate of drug-likeness (QED) is 0.612. The SMILES string of the molecule is CC(c1cccc(S(N)(=O)=O)c1)N(C)C(=O)c1ccc2c(=O)n(C)c(=S)[nH]c2c1. The van der Waals surface area contributed by atoms with Crippen LogP contribution in [0.15, 0.2) is 52.2 Å². The first-order valence-electron chi connectivity index (χ1n) is 8.63. The first-order chi connectivity index (χ1) is 13.5. The Morgan fingerprint density at radius 1 is 1.24 bits per heavy atom. The van der Waals surface area contributed by atoms with Crippen molar-refractivity contribution in [2.45, 2.75) is 17.9 Å². The fourth-order valence-corrected chi connectivity index (χ4v) is 3.76. The number of nitrogens with two attached hydrogens (primary N) is 1. The molecule has 0 spiro atoms. The number of aromatic amines is 1. The number of benzene rings is 2. The molecule has 152 valence electrons. The fraction of sp³-hybridized carbons (Fsp3) is 0.211. The lowest BCUT2D eigenvalue weighted by atomic mass is 10.1. The summed E-state index contributed by atoms with van der Waals surface area (Å²) in [6.45, 7) is 1.78. The van der Waals surface area contributed by atoms with E-state index in [0.717, 1.165) is 0 Å². The van der Waals surface area contributed by atoms with E-state index in [1.165, 1.54) is 21.6 Å². The van der Waals surface area contributed by atoms with Crippen molar-refractivity contribution in [1.29, 1.82) is 0 Å². The van der Waals surface area contributed by atoms with Crippen molar-refractivity contribution in [3.05, 3.63) is 68.7 Å². The van der Waals surface area contributed by atoms with E-state index < -0.39 is 16.1 Å². The number of sulfonamides is 1. The minimum absolute atomic E-state index is 0.0168. The Balaban J connectivity index is 1.97. The average Bonchev–Trinajstić information content (AvgIpc) is 2.69. The number of primary sulfonamides is 1. The first-order valence-corrected chi connectivity index (χ1v) is 10.6. The summed E-state index contributed by atoms with van der Waals surface area (Å²) in [6.07, 6.45) is 0. The van der Waals surface area contributed by atoms with Crippen LogP contribution in [0.1, 0.15) is 28.9 Å². The van der Waals surface area contributed by atoms with E-state index in [9.17, 15) is 18.0 Å². The number of nitrogens with zero attached hydrogens (tertiary/aromatic N) is 2. The summed E-state index contributed by atoms with van der Waals surface area (Å²) >= 11 is 5.13. The second kappa shape index (κ2) is 7.54. The molecule has 0 saturated carbocycles. The molecule has 0 saturated heterocycles. The molecule has 1 atom stereocenters. The Kier molecular flexibility index (Phi) is 5.44. The van der Waals surface area contributed by atoms with Crippen molar-refractivity contribution in [3.8, 4) is 0 Å². The number of amides is 1. The Labute approximate surface area is 172 Å². The van der Waals surface area contributed by atoms with E-state index in [4.69, 9.17) is 17.4 Å². The number of hydrogen-bond acceptors (Lipinski definition) is 5. The van der Waals surface area contributed by atoms with Gasteiger partial charge in [0.2, 0.25) is 10.0 Å². The van der Waals surface area contributed by atoms with E-state index in [2.05, 4.69) is 4.98 Å². The third-order valence-electron chi connectivity index (χ3n) is 4.92. The largest absolute Gasteiger partial charge is 0.335 e. The Bertz CT molecular complexity index is 1340. The number of nitrogens with one attached hydrogen (secondary N) is 1. The van der Waals surface area contributed by atoms with Crippen LogP contribution in [0.25, 0.3) is 10.9 Å². The molecule has 1 unspecified atom stereocenters. The fourth-order valence-electron chi connectivity index (χ4n) is 2.99. The highest BCUT2D eigenvalue weighted by Gasteiger charge is 2.21. The molecule has 0 aliphatic rings. The van der Waals surface area contributed by atoms with Crippen molar-refractivity contribution >= 4 is 39.1 Å². The molecule has 2 aromatic carbocycles. The number of carbonyl (C=O) groups excluding carboxylic acids is 1. The summed E-state index contributed by atoms with van der Waals surface area (Å²) in [7, 11) is -0.650. The molecule has 0 aliphatic heterocycles. The Morgan fingerprint density at radius 3 is 2.59 bits per heavy atom. The van der Waals surface area contributed by atoms with Gasteiger partial charge in [-0.2, -0.15) is 0 Å². The highest BCUT2D eigenvalue weighted by molar-refractivity contribution is 7.89. The van der Waals surface area contributed by atoms with Crippen LogP contribution >= 0.6 is 12.2 Å². The number of carbonyl (C=O) groups is 1. The highest BCUT2D eigenvalue weighted by atomic mass is 32.2. The van der Waals surface area contributed by atoms with Gasteiger partial charge in [-0.05, 0) is 55.0 Å². The smallest absolute Gasteiger partial charge is 0.261 e. The van der Waals surface area contributed by atoms with Gasteiger partial charge in [-0.25, -0.2) is 13.6 Å². The zero-order chi connectivity index (χ0) is 21.5. The van der Waals surface area contributed by atoms with Crippen molar-refractivity contribution in [1.82, 2.24) is 14.5 Å². The zero-order valence-electron chi connectivity index (χ0n) is 16.0. The molecule has 8 nitrogen and oxygen atoms in total. The summed E-state index contributed by atoms with van der Waals surface area (Å²) in [6, 6.07) is 10.5. The van der Waals surface area contributed by atoms with Crippen LogP contribution in [0.3, 0.4) is 0 Å². The predicted molar refractivity (Wildman–Crippen MR) is 113 cm³/mol. The van der Waals surface area contributed by atoms with Crippen molar-refractivity contribution in [2.75, 3.05) is 7.05 Å². The van der Waals surface area contributed by atoms with Crippen LogP contribution < -0.4 is 10.7 Å². The standard InChI is InChI=1S/C19H20N4O4S2/c1-11(12-5-4-6-14(9-12)29(20,26)27)22(2)17(24)13-7-8-15-16(10-13)21-19(28)23(3)18(15)25/h4-11H,1-3H3,(H,21,28)(H2,20,26,27). The molecule has 3 N–H and O–H groups in total. The van der Waals surface area contributed by atoms with E-state index in [1.807, 2.05) is 0 Å². The lowest BCUT2D eigenvalue weighted by Gasteiger charge is -2.26. The van der Waals surface area contributed by atoms with Crippen LogP contribution in [0.5, 0.6) is 0 Å². The van der Waals surface area contributed by atoms with E-state index in [1.54, 1.807) is 51.4 Å². The van der Waals surface area contributed by atoms with Crippen LogP contribution in [0.2, 0.25) is 0 Å². The number of hydrogen-bond donors (Lipinski definition) is 2. The molecule has 0 radical (unpaired) electrons. The maximum atomic E-state index is 13.0. The van der Waals surface area contributed by atoms with Gasteiger partial charge >= 0.3 is 0 Å². The minimum Gasteiger partial charge on any atom is -0.335 e. The van der Waals surface area contributed by atoms with Crippen LogP contribution in [-0.4, -0.2) is 35.8 Å². The molecule has 0 aliphatic carbocycles. The molecule has 1 amide bonds. The lowest BCUT2D eigenvalue weighted by molar-refractivity contribution is 0.0742. The highest BCUT2D eigenvalue weighted by Crippen LogP contribution is 2.23. The first kappa shape index (κ1) is 20.9. The van der Waals surface area contributed by atoms with Gasteiger partial charge in [0.05, 0.1) is 21.8 Å². The normalized spacial score (nSPS) is 12.7. The Morgan fingerprint density at radius 2 is 1.93 bits per heavy atom. The van der Waals surface area contributed by atoms with E-state index >= 15 is 0 Å². The molecule has 1 heterocycles. The molecule has 1 aromatic heterocycles. The molecular formula is C19H20N4O4S2. The number of aromatic nitrogens is 2. The van der Waals surface area contributed by atoms with Crippen molar-refractivity contribution in [2.24, 2.45) is 12.2 Å². The maximum Gasteiger partial charge on any atom is 0.261 e. The summed E-state index contributed by atoms with van der Waals surface area (Å²) in [5.41, 5.74) is 1.22. The lowest BCUT2D eigenvalue weighted by Crippen LogP contribution is -2.30. The molecule has 29 heavy (non-hydrogen) atoms. The van der Waals surface area contributed by atoms with Crippen molar-refractivity contribution in [3.63, 3.8) is 0 Å². The van der Waals surface area contributed by atoms with Gasteiger partial charge in [0.15, 0.2) is 4.77 Å².